The maximum Gasteiger partial charge on any atom is 0.167 e. The van der Waals surface area contributed by atoms with E-state index in [0.717, 1.165) is 17.7 Å². The fourth-order valence-corrected chi connectivity index (χ4v) is 2.38. The normalized spacial score (nSPS) is 17.1. The van der Waals surface area contributed by atoms with Crippen molar-refractivity contribution in [2.45, 2.75) is 12.0 Å². The van der Waals surface area contributed by atoms with E-state index < -0.39 is 0 Å². The zero-order valence-electron chi connectivity index (χ0n) is 11.7. The van der Waals surface area contributed by atoms with E-state index >= 15 is 0 Å². The Balaban J connectivity index is 1.80. The number of aromatic nitrogens is 1. The molecule has 0 bridgehead atoms. The summed E-state index contributed by atoms with van der Waals surface area (Å²) >= 11 is 0. The maximum atomic E-state index is 9.50. The molecule has 0 unspecified atom stereocenters. The summed E-state index contributed by atoms with van der Waals surface area (Å²) in [6.45, 7) is 1.43. The molecule has 1 fully saturated rings. The van der Waals surface area contributed by atoms with E-state index in [-0.39, 0.29) is 11.3 Å². The van der Waals surface area contributed by atoms with Gasteiger partial charge in [-0.1, -0.05) is 17.3 Å². The molecule has 1 saturated heterocycles. The molecule has 5 nitrogen and oxygen atoms in total. The second-order valence-electron chi connectivity index (χ2n) is 5.52. The SMILES string of the molecule is CN(C)C1(Cc2cc(-c3cccc(O)c3)on2)COC1. The van der Waals surface area contributed by atoms with Crippen LogP contribution in [0.25, 0.3) is 11.3 Å². The van der Waals surface area contributed by atoms with Gasteiger partial charge in [-0.25, -0.2) is 0 Å². The third-order valence-electron chi connectivity index (χ3n) is 3.89. The van der Waals surface area contributed by atoms with Crippen LogP contribution in [0.5, 0.6) is 5.75 Å². The van der Waals surface area contributed by atoms with Gasteiger partial charge in [-0.3, -0.25) is 4.90 Å². The molecule has 1 aromatic heterocycles. The Morgan fingerprint density at radius 3 is 2.70 bits per heavy atom. The quantitative estimate of drug-likeness (QED) is 0.923. The average Bonchev–Trinajstić information content (AvgIpc) is 2.82. The van der Waals surface area contributed by atoms with Gasteiger partial charge in [-0.15, -0.1) is 0 Å². The lowest BCUT2D eigenvalue weighted by Gasteiger charge is -2.46. The smallest absolute Gasteiger partial charge is 0.167 e. The molecule has 1 aliphatic rings. The molecule has 2 aromatic rings. The van der Waals surface area contributed by atoms with Crippen LogP contribution in [0.1, 0.15) is 5.69 Å². The van der Waals surface area contributed by atoms with Crippen LogP contribution in [0, 0.1) is 0 Å². The molecule has 0 spiro atoms. The largest absolute Gasteiger partial charge is 0.508 e. The van der Waals surface area contributed by atoms with E-state index in [1.165, 1.54) is 0 Å². The predicted octanol–water partition coefficient (Wildman–Crippen LogP) is 1.92. The topological polar surface area (TPSA) is 58.7 Å². The van der Waals surface area contributed by atoms with Gasteiger partial charge in [0.1, 0.15) is 5.75 Å². The van der Waals surface area contributed by atoms with Crippen molar-refractivity contribution in [3.05, 3.63) is 36.0 Å². The maximum absolute atomic E-state index is 9.50. The highest BCUT2D eigenvalue weighted by Gasteiger charge is 2.41. The molecule has 1 aromatic carbocycles. The number of likely N-dealkylation sites (N-methyl/N-ethyl adjacent to an activating group) is 1. The minimum absolute atomic E-state index is 0.0208. The highest BCUT2D eigenvalue weighted by molar-refractivity contribution is 5.59. The first-order chi connectivity index (χ1) is 9.59. The monoisotopic (exact) mass is 274 g/mol. The summed E-state index contributed by atoms with van der Waals surface area (Å²) in [4.78, 5) is 2.18. The summed E-state index contributed by atoms with van der Waals surface area (Å²) in [7, 11) is 4.11. The van der Waals surface area contributed by atoms with Crippen LogP contribution >= 0.6 is 0 Å². The number of nitrogens with zero attached hydrogens (tertiary/aromatic N) is 2. The van der Waals surface area contributed by atoms with E-state index in [0.29, 0.717) is 19.0 Å². The molecular weight excluding hydrogens is 256 g/mol. The lowest BCUT2D eigenvalue weighted by Crippen LogP contribution is -2.61. The number of hydrogen-bond donors (Lipinski definition) is 1. The summed E-state index contributed by atoms with van der Waals surface area (Å²) in [5.74, 6) is 0.891. The second-order valence-corrected chi connectivity index (χ2v) is 5.52. The van der Waals surface area contributed by atoms with Crippen molar-refractivity contribution in [1.29, 1.82) is 0 Å². The van der Waals surface area contributed by atoms with Crippen LogP contribution < -0.4 is 0 Å². The number of hydrogen-bond acceptors (Lipinski definition) is 5. The van der Waals surface area contributed by atoms with Gasteiger partial charge in [0.05, 0.1) is 24.4 Å². The van der Waals surface area contributed by atoms with Crippen LogP contribution in [0.3, 0.4) is 0 Å². The number of phenols is 1. The third kappa shape index (κ3) is 2.30. The van der Waals surface area contributed by atoms with Crippen molar-refractivity contribution in [2.75, 3.05) is 27.3 Å². The van der Waals surface area contributed by atoms with Crippen LogP contribution in [0.4, 0.5) is 0 Å². The van der Waals surface area contributed by atoms with Gasteiger partial charge in [-0.2, -0.15) is 0 Å². The first kappa shape index (κ1) is 13.1. The predicted molar refractivity (Wildman–Crippen MR) is 74.5 cm³/mol. The van der Waals surface area contributed by atoms with Crippen LogP contribution in [0.15, 0.2) is 34.9 Å². The van der Waals surface area contributed by atoms with Gasteiger partial charge in [0.15, 0.2) is 5.76 Å². The van der Waals surface area contributed by atoms with Crippen molar-refractivity contribution in [2.24, 2.45) is 0 Å². The van der Waals surface area contributed by atoms with Crippen LogP contribution in [-0.2, 0) is 11.2 Å². The Kier molecular flexibility index (Phi) is 3.23. The van der Waals surface area contributed by atoms with Crippen molar-refractivity contribution < 1.29 is 14.4 Å². The molecule has 106 valence electrons. The molecule has 0 saturated carbocycles. The highest BCUT2D eigenvalue weighted by Crippen LogP contribution is 2.29. The highest BCUT2D eigenvalue weighted by atomic mass is 16.5. The number of ether oxygens (including phenoxy) is 1. The standard InChI is InChI=1S/C15H18N2O3/c1-17(2)15(9-19-10-15)8-12-7-14(20-16-12)11-4-3-5-13(18)6-11/h3-7,18H,8-10H2,1-2H3. The molecular formula is C15H18N2O3. The zero-order valence-corrected chi connectivity index (χ0v) is 11.7. The molecule has 0 atom stereocenters. The van der Waals surface area contributed by atoms with Gasteiger partial charge in [0, 0.05) is 18.1 Å². The second kappa shape index (κ2) is 4.92. The number of phenolic OH excluding ortho intramolecular Hbond substituents is 1. The Morgan fingerprint density at radius 2 is 2.10 bits per heavy atom. The van der Waals surface area contributed by atoms with Gasteiger partial charge in [0.2, 0.25) is 0 Å². The van der Waals surface area contributed by atoms with Gasteiger partial charge in [0.25, 0.3) is 0 Å². The van der Waals surface area contributed by atoms with E-state index in [1.807, 2.05) is 12.1 Å². The number of rotatable bonds is 4. The summed E-state index contributed by atoms with van der Waals surface area (Å²) in [5.41, 5.74) is 1.75. The van der Waals surface area contributed by atoms with Crippen molar-refractivity contribution in [3.63, 3.8) is 0 Å². The minimum atomic E-state index is 0.0208. The van der Waals surface area contributed by atoms with Gasteiger partial charge >= 0.3 is 0 Å². The Bertz CT molecular complexity index is 603. The van der Waals surface area contributed by atoms with Gasteiger partial charge < -0.3 is 14.4 Å². The number of benzene rings is 1. The molecule has 0 radical (unpaired) electrons. The summed E-state index contributed by atoms with van der Waals surface area (Å²) in [5, 5.41) is 13.6. The van der Waals surface area contributed by atoms with E-state index in [2.05, 4.69) is 24.2 Å². The molecule has 0 amide bonds. The van der Waals surface area contributed by atoms with Gasteiger partial charge in [-0.05, 0) is 26.2 Å². The van der Waals surface area contributed by atoms with E-state index in [9.17, 15) is 5.11 Å². The van der Waals surface area contributed by atoms with Crippen molar-refractivity contribution >= 4 is 0 Å². The van der Waals surface area contributed by atoms with Crippen molar-refractivity contribution in [1.82, 2.24) is 10.1 Å². The fraction of sp³-hybridized carbons (Fsp3) is 0.400. The Hall–Kier alpha value is -1.85. The molecule has 2 heterocycles. The van der Waals surface area contributed by atoms with E-state index in [4.69, 9.17) is 9.26 Å². The van der Waals surface area contributed by atoms with Crippen molar-refractivity contribution in [3.8, 4) is 17.1 Å². The zero-order chi connectivity index (χ0) is 14.2. The van der Waals surface area contributed by atoms with Crippen LogP contribution in [0.2, 0.25) is 0 Å². The fourth-order valence-electron chi connectivity index (χ4n) is 2.38. The summed E-state index contributed by atoms with van der Waals surface area (Å²) < 4.78 is 10.7. The average molecular weight is 274 g/mol. The molecule has 0 aliphatic carbocycles. The lowest BCUT2D eigenvalue weighted by molar-refractivity contribution is -0.124. The Labute approximate surface area is 117 Å². The molecule has 5 heteroatoms. The minimum Gasteiger partial charge on any atom is -0.508 e. The van der Waals surface area contributed by atoms with E-state index in [1.54, 1.807) is 18.2 Å². The molecule has 1 aliphatic heterocycles. The lowest BCUT2D eigenvalue weighted by atomic mass is 9.90. The third-order valence-corrected chi connectivity index (χ3v) is 3.89. The summed E-state index contributed by atoms with van der Waals surface area (Å²) in [6, 6.07) is 8.90. The Morgan fingerprint density at radius 1 is 1.30 bits per heavy atom. The number of aromatic hydroxyl groups is 1. The first-order valence-electron chi connectivity index (χ1n) is 6.59. The molecule has 3 rings (SSSR count). The van der Waals surface area contributed by atoms with Crippen LogP contribution in [-0.4, -0.2) is 48.0 Å². The molecule has 20 heavy (non-hydrogen) atoms. The molecule has 1 N–H and O–H groups in total. The first-order valence-corrected chi connectivity index (χ1v) is 6.59. The summed E-state index contributed by atoms with van der Waals surface area (Å²) in [6.07, 6.45) is 0.794.